The monoisotopic (exact) mass is 278 g/mol. The van der Waals surface area contributed by atoms with Crippen LogP contribution in [0.25, 0.3) is 0 Å². The van der Waals surface area contributed by atoms with Crippen LogP contribution in [-0.4, -0.2) is 32.2 Å². The molecule has 1 rings (SSSR count). The Hall–Kier alpha value is -1.55. The fraction of sp³-hybridized carbons (Fsp3) is 0.562. The lowest BCUT2D eigenvalue weighted by atomic mass is 10.1. The highest BCUT2D eigenvalue weighted by Crippen LogP contribution is 2.17. The number of ether oxygens (including phenoxy) is 1. The summed E-state index contributed by atoms with van der Waals surface area (Å²) in [6.07, 6.45) is 1.93. The fourth-order valence-electron chi connectivity index (χ4n) is 2.20. The highest BCUT2D eigenvalue weighted by atomic mass is 16.5. The summed E-state index contributed by atoms with van der Waals surface area (Å²) in [5.41, 5.74) is 2.66. The van der Waals surface area contributed by atoms with Gasteiger partial charge < -0.3 is 15.4 Å². The second-order valence-corrected chi connectivity index (χ2v) is 4.99. The van der Waals surface area contributed by atoms with Gasteiger partial charge in [0.1, 0.15) is 0 Å². The molecule has 2 N–H and O–H groups in total. The first-order chi connectivity index (χ1) is 9.62. The molecule has 0 heterocycles. The smallest absolute Gasteiger partial charge is 0.253 e. The van der Waals surface area contributed by atoms with Crippen molar-refractivity contribution in [3.63, 3.8) is 0 Å². The van der Waals surface area contributed by atoms with E-state index in [4.69, 9.17) is 4.74 Å². The number of anilines is 1. The molecule has 1 aromatic carbocycles. The highest BCUT2D eigenvalue weighted by Gasteiger charge is 2.16. The molecule has 1 aromatic rings. The largest absolute Gasteiger partial charge is 0.385 e. The summed E-state index contributed by atoms with van der Waals surface area (Å²) in [4.78, 5) is 12.4. The standard InChI is InChI=1S/C16H26N2O2/c1-5-7-13(11-20-4)18-16(19)14-10-12(3)8-9-15(14)17-6-2/h8-10,13,17H,5-7,11H2,1-4H3,(H,18,19). The minimum absolute atomic E-state index is 0.0415. The first-order valence-corrected chi connectivity index (χ1v) is 7.26. The van der Waals surface area contributed by atoms with Crippen molar-refractivity contribution in [1.29, 1.82) is 0 Å². The summed E-state index contributed by atoms with van der Waals surface area (Å²) in [5.74, 6) is -0.0415. The van der Waals surface area contributed by atoms with E-state index < -0.39 is 0 Å². The fourth-order valence-corrected chi connectivity index (χ4v) is 2.20. The van der Waals surface area contributed by atoms with Crippen LogP contribution in [0.3, 0.4) is 0 Å². The summed E-state index contributed by atoms with van der Waals surface area (Å²) >= 11 is 0. The Morgan fingerprint density at radius 2 is 2.10 bits per heavy atom. The number of hydrogen-bond acceptors (Lipinski definition) is 3. The van der Waals surface area contributed by atoms with E-state index in [1.165, 1.54) is 0 Å². The van der Waals surface area contributed by atoms with Gasteiger partial charge in [0, 0.05) is 19.3 Å². The van der Waals surface area contributed by atoms with Gasteiger partial charge in [-0.25, -0.2) is 0 Å². The SMILES string of the molecule is CCCC(COC)NC(=O)c1cc(C)ccc1NCC. The molecule has 0 aliphatic heterocycles. The zero-order valence-electron chi connectivity index (χ0n) is 13.0. The van der Waals surface area contributed by atoms with Crippen molar-refractivity contribution in [3.8, 4) is 0 Å². The molecule has 20 heavy (non-hydrogen) atoms. The van der Waals surface area contributed by atoms with E-state index in [9.17, 15) is 4.79 Å². The lowest BCUT2D eigenvalue weighted by Gasteiger charge is -2.19. The molecule has 0 radical (unpaired) electrons. The highest BCUT2D eigenvalue weighted by molar-refractivity contribution is 6.00. The Balaban J connectivity index is 2.86. The topological polar surface area (TPSA) is 50.4 Å². The normalized spacial score (nSPS) is 12.0. The molecule has 1 unspecified atom stereocenters. The minimum Gasteiger partial charge on any atom is -0.385 e. The number of carbonyl (C=O) groups is 1. The predicted octanol–water partition coefficient (Wildman–Crippen LogP) is 2.97. The van der Waals surface area contributed by atoms with Gasteiger partial charge in [-0.05, 0) is 32.4 Å². The lowest BCUT2D eigenvalue weighted by Crippen LogP contribution is -2.38. The first kappa shape index (κ1) is 16.5. The molecule has 4 nitrogen and oxygen atoms in total. The molecular formula is C16H26N2O2. The van der Waals surface area contributed by atoms with Crippen molar-refractivity contribution < 1.29 is 9.53 Å². The molecular weight excluding hydrogens is 252 g/mol. The van der Waals surface area contributed by atoms with Crippen molar-refractivity contribution in [2.45, 2.75) is 39.7 Å². The lowest BCUT2D eigenvalue weighted by molar-refractivity contribution is 0.0892. The molecule has 0 bridgehead atoms. The van der Waals surface area contributed by atoms with E-state index >= 15 is 0 Å². The van der Waals surface area contributed by atoms with Crippen LogP contribution in [-0.2, 0) is 4.74 Å². The van der Waals surface area contributed by atoms with E-state index in [2.05, 4.69) is 17.6 Å². The van der Waals surface area contributed by atoms with Crippen LogP contribution in [0.5, 0.6) is 0 Å². The van der Waals surface area contributed by atoms with Gasteiger partial charge in [-0.1, -0.05) is 25.0 Å². The Kier molecular flexibility index (Phi) is 7.09. The molecule has 1 atom stereocenters. The van der Waals surface area contributed by atoms with Crippen molar-refractivity contribution in [1.82, 2.24) is 5.32 Å². The Morgan fingerprint density at radius 3 is 2.70 bits per heavy atom. The van der Waals surface area contributed by atoms with Gasteiger partial charge in [0.25, 0.3) is 5.91 Å². The Bertz CT molecular complexity index is 426. The van der Waals surface area contributed by atoms with Crippen molar-refractivity contribution in [2.75, 3.05) is 25.6 Å². The molecule has 0 saturated carbocycles. The maximum absolute atomic E-state index is 12.4. The summed E-state index contributed by atoms with van der Waals surface area (Å²) in [5, 5.41) is 6.29. The van der Waals surface area contributed by atoms with Crippen LogP contribution in [0, 0.1) is 6.92 Å². The number of benzene rings is 1. The van der Waals surface area contributed by atoms with E-state index in [0.717, 1.165) is 30.6 Å². The molecule has 1 amide bonds. The average Bonchev–Trinajstić information content (AvgIpc) is 2.41. The molecule has 0 fully saturated rings. The average molecular weight is 278 g/mol. The summed E-state index contributed by atoms with van der Waals surface area (Å²) in [6, 6.07) is 5.95. The predicted molar refractivity (Wildman–Crippen MR) is 83.4 cm³/mol. The van der Waals surface area contributed by atoms with Crippen LogP contribution in [0.2, 0.25) is 0 Å². The molecule has 0 aromatic heterocycles. The van der Waals surface area contributed by atoms with Gasteiger partial charge in [0.05, 0.1) is 18.2 Å². The molecule has 0 spiro atoms. The van der Waals surface area contributed by atoms with Crippen molar-refractivity contribution in [2.24, 2.45) is 0 Å². The van der Waals surface area contributed by atoms with E-state index in [0.29, 0.717) is 12.2 Å². The molecule has 0 aliphatic rings. The van der Waals surface area contributed by atoms with Crippen LogP contribution in [0.4, 0.5) is 5.69 Å². The number of rotatable bonds is 8. The molecule has 112 valence electrons. The van der Waals surface area contributed by atoms with Crippen LogP contribution < -0.4 is 10.6 Å². The van der Waals surface area contributed by atoms with Crippen LogP contribution in [0.1, 0.15) is 42.6 Å². The number of methoxy groups -OCH3 is 1. The van der Waals surface area contributed by atoms with Crippen LogP contribution in [0.15, 0.2) is 18.2 Å². The van der Waals surface area contributed by atoms with Gasteiger partial charge in [-0.2, -0.15) is 0 Å². The molecule has 0 saturated heterocycles. The third kappa shape index (κ3) is 4.85. The molecule has 0 aliphatic carbocycles. The van der Waals surface area contributed by atoms with Gasteiger partial charge in [-0.15, -0.1) is 0 Å². The van der Waals surface area contributed by atoms with Crippen molar-refractivity contribution >= 4 is 11.6 Å². The van der Waals surface area contributed by atoms with Gasteiger partial charge in [-0.3, -0.25) is 4.79 Å². The zero-order chi connectivity index (χ0) is 15.0. The number of amides is 1. The second-order valence-electron chi connectivity index (χ2n) is 4.99. The maximum Gasteiger partial charge on any atom is 0.253 e. The Labute approximate surface area is 121 Å². The van der Waals surface area contributed by atoms with Gasteiger partial charge in [0.15, 0.2) is 0 Å². The first-order valence-electron chi connectivity index (χ1n) is 7.26. The van der Waals surface area contributed by atoms with Gasteiger partial charge >= 0.3 is 0 Å². The quantitative estimate of drug-likeness (QED) is 0.768. The third-order valence-electron chi connectivity index (χ3n) is 3.13. The van der Waals surface area contributed by atoms with Gasteiger partial charge in [0.2, 0.25) is 0 Å². The van der Waals surface area contributed by atoms with Crippen LogP contribution >= 0.6 is 0 Å². The van der Waals surface area contributed by atoms with E-state index in [1.54, 1.807) is 7.11 Å². The summed E-state index contributed by atoms with van der Waals surface area (Å²) in [6.45, 7) is 7.45. The number of carbonyl (C=O) groups excluding carboxylic acids is 1. The van der Waals surface area contributed by atoms with E-state index in [1.807, 2.05) is 32.0 Å². The number of hydrogen-bond donors (Lipinski definition) is 2. The number of nitrogens with one attached hydrogen (secondary N) is 2. The molecule has 4 heteroatoms. The minimum atomic E-state index is -0.0415. The van der Waals surface area contributed by atoms with E-state index in [-0.39, 0.29) is 11.9 Å². The summed E-state index contributed by atoms with van der Waals surface area (Å²) < 4.78 is 5.16. The maximum atomic E-state index is 12.4. The third-order valence-corrected chi connectivity index (χ3v) is 3.13. The second kappa shape index (κ2) is 8.59. The summed E-state index contributed by atoms with van der Waals surface area (Å²) in [7, 11) is 1.66. The van der Waals surface area contributed by atoms with Crippen molar-refractivity contribution in [3.05, 3.63) is 29.3 Å². The zero-order valence-corrected chi connectivity index (χ0v) is 13.0. The Morgan fingerprint density at radius 1 is 1.35 bits per heavy atom. The number of aryl methyl sites for hydroxylation is 1.